The van der Waals surface area contributed by atoms with E-state index in [0.717, 1.165) is 25.9 Å². The molecule has 1 fully saturated rings. The van der Waals surface area contributed by atoms with Gasteiger partial charge in [-0.3, -0.25) is 0 Å². The number of likely N-dealkylation sites (N-methyl/N-ethyl adjacent to an activating group) is 1. The number of hydrogen-bond donors (Lipinski definition) is 2. The number of nitrogens with one attached hydrogen (secondary N) is 1. The normalized spacial score (nSPS) is 19.6. The highest BCUT2D eigenvalue weighted by Crippen LogP contribution is 2.20. The van der Waals surface area contributed by atoms with E-state index in [2.05, 4.69) is 22.2 Å². The average Bonchev–Trinajstić information content (AvgIpc) is 2.41. The lowest BCUT2D eigenvalue weighted by Crippen LogP contribution is -2.40. The number of pyridine rings is 1. The van der Waals surface area contributed by atoms with E-state index in [0.29, 0.717) is 23.7 Å². The molecule has 1 aliphatic heterocycles. The summed E-state index contributed by atoms with van der Waals surface area (Å²) in [6.45, 7) is 4.16. The number of hydrogen-bond acceptors (Lipinski definition) is 6. The Labute approximate surface area is 119 Å². The van der Waals surface area contributed by atoms with Crippen LogP contribution in [-0.2, 0) is 4.74 Å². The van der Waals surface area contributed by atoms with Gasteiger partial charge in [-0.25, -0.2) is 9.78 Å². The first-order valence-corrected chi connectivity index (χ1v) is 6.98. The molecule has 6 heteroatoms. The van der Waals surface area contributed by atoms with E-state index in [-0.39, 0.29) is 12.0 Å². The first-order valence-electron chi connectivity index (χ1n) is 6.98. The van der Waals surface area contributed by atoms with Crippen molar-refractivity contribution in [1.29, 1.82) is 0 Å². The summed E-state index contributed by atoms with van der Waals surface area (Å²) >= 11 is 0. The number of esters is 1. The van der Waals surface area contributed by atoms with Crippen molar-refractivity contribution >= 4 is 17.5 Å². The van der Waals surface area contributed by atoms with Gasteiger partial charge in [-0.15, -0.1) is 0 Å². The van der Waals surface area contributed by atoms with Crippen molar-refractivity contribution < 1.29 is 9.53 Å². The molecular formula is C14H22N4O2. The van der Waals surface area contributed by atoms with Crippen LogP contribution < -0.4 is 11.1 Å². The zero-order chi connectivity index (χ0) is 14.5. The Hall–Kier alpha value is -1.82. The van der Waals surface area contributed by atoms with Crippen LogP contribution in [0, 0.1) is 0 Å². The summed E-state index contributed by atoms with van der Waals surface area (Å²) in [5.74, 6) is 0.164. The molecule has 20 heavy (non-hydrogen) atoms. The van der Waals surface area contributed by atoms with E-state index in [4.69, 9.17) is 10.5 Å². The number of nitrogens with zero attached hydrogens (tertiary/aromatic N) is 2. The van der Waals surface area contributed by atoms with Gasteiger partial charge in [0.1, 0.15) is 11.4 Å². The van der Waals surface area contributed by atoms with Gasteiger partial charge in [0.05, 0.1) is 18.5 Å². The van der Waals surface area contributed by atoms with E-state index in [1.165, 1.54) is 0 Å². The average molecular weight is 278 g/mol. The summed E-state index contributed by atoms with van der Waals surface area (Å²) in [7, 11) is 2.09. The van der Waals surface area contributed by atoms with Crippen LogP contribution in [0.2, 0.25) is 0 Å². The van der Waals surface area contributed by atoms with Crippen molar-refractivity contribution in [3.63, 3.8) is 0 Å². The van der Waals surface area contributed by atoms with E-state index in [9.17, 15) is 4.79 Å². The SMILES string of the molecule is CCOC(=O)c1cc(N)cnc1NC1CCCN(C)C1. The van der Waals surface area contributed by atoms with Crippen LogP contribution in [0.25, 0.3) is 0 Å². The number of anilines is 2. The zero-order valence-electron chi connectivity index (χ0n) is 12.1. The van der Waals surface area contributed by atoms with Crippen LogP contribution in [0.4, 0.5) is 11.5 Å². The second-order valence-corrected chi connectivity index (χ2v) is 5.13. The monoisotopic (exact) mass is 278 g/mol. The number of likely N-dealkylation sites (tertiary alicyclic amines) is 1. The number of carbonyl (C=O) groups is 1. The molecule has 1 aromatic heterocycles. The largest absolute Gasteiger partial charge is 0.462 e. The van der Waals surface area contributed by atoms with Gasteiger partial charge in [-0.05, 0) is 39.4 Å². The maximum Gasteiger partial charge on any atom is 0.341 e. The summed E-state index contributed by atoms with van der Waals surface area (Å²) in [5.41, 5.74) is 6.57. The first-order chi connectivity index (χ1) is 9.60. The maximum absolute atomic E-state index is 12.0. The van der Waals surface area contributed by atoms with Gasteiger partial charge in [-0.1, -0.05) is 0 Å². The van der Waals surface area contributed by atoms with Crippen molar-refractivity contribution in [1.82, 2.24) is 9.88 Å². The fourth-order valence-electron chi connectivity index (χ4n) is 2.44. The predicted octanol–water partition coefficient (Wildman–Crippen LogP) is 1.35. The Bertz CT molecular complexity index is 478. The van der Waals surface area contributed by atoms with Gasteiger partial charge in [0.25, 0.3) is 0 Å². The molecule has 2 heterocycles. The Kier molecular flexibility index (Phi) is 4.79. The van der Waals surface area contributed by atoms with Gasteiger partial charge in [0.2, 0.25) is 0 Å². The van der Waals surface area contributed by atoms with Crippen molar-refractivity contribution in [2.24, 2.45) is 0 Å². The molecule has 0 saturated carbocycles. The number of aromatic nitrogens is 1. The molecule has 1 atom stereocenters. The van der Waals surface area contributed by atoms with Gasteiger partial charge < -0.3 is 20.7 Å². The summed E-state index contributed by atoms with van der Waals surface area (Å²) in [5, 5.41) is 3.34. The zero-order valence-corrected chi connectivity index (χ0v) is 12.1. The van der Waals surface area contributed by atoms with E-state index >= 15 is 0 Å². The summed E-state index contributed by atoms with van der Waals surface area (Å²) < 4.78 is 5.05. The summed E-state index contributed by atoms with van der Waals surface area (Å²) in [6, 6.07) is 1.90. The summed E-state index contributed by atoms with van der Waals surface area (Å²) in [6.07, 6.45) is 3.76. The van der Waals surface area contributed by atoms with Crippen LogP contribution in [-0.4, -0.2) is 48.6 Å². The number of nitrogens with two attached hydrogens (primary N) is 1. The van der Waals surface area contributed by atoms with E-state index in [1.807, 2.05) is 0 Å². The fourth-order valence-corrected chi connectivity index (χ4v) is 2.44. The lowest BCUT2D eigenvalue weighted by molar-refractivity contribution is 0.0527. The molecule has 0 amide bonds. The minimum absolute atomic E-state index is 0.290. The molecule has 2 rings (SSSR count). The lowest BCUT2D eigenvalue weighted by atomic mass is 10.1. The number of piperidine rings is 1. The van der Waals surface area contributed by atoms with Gasteiger partial charge in [0, 0.05) is 12.6 Å². The summed E-state index contributed by atoms with van der Waals surface area (Å²) in [4.78, 5) is 18.5. The molecule has 3 N–H and O–H groups in total. The molecule has 0 bridgehead atoms. The number of carbonyl (C=O) groups excluding carboxylic acids is 1. The third kappa shape index (κ3) is 3.60. The molecule has 1 aliphatic rings. The van der Waals surface area contributed by atoms with Crippen molar-refractivity contribution in [2.75, 3.05) is 37.8 Å². The molecule has 0 spiro atoms. The van der Waals surface area contributed by atoms with Crippen LogP contribution >= 0.6 is 0 Å². The molecule has 6 nitrogen and oxygen atoms in total. The van der Waals surface area contributed by atoms with Crippen LogP contribution in [0.5, 0.6) is 0 Å². The van der Waals surface area contributed by atoms with Crippen molar-refractivity contribution in [3.05, 3.63) is 17.8 Å². The van der Waals surface area contributed by atoms with Gasteiger partial charge in [-0.2, -0.15) is 0 Å². The van der Waals surface area contributed by atoms with Gasteiger partial charge in [0.15, 0.2) is 0 Å². The van der Waals surface area contributed by atoms with Gasteiger partial charge >= 0.3 is 5.97 Å². The fraction of sp³-hybridized carbons (Fsp3) is 0.571. The highest BCUT2D eigenvalue weighted by molar-refractivity contribution is 5.95. The maximum atomic E-state index is 12.0. The van der Waals surface area contributed by atoms with Crippen molar-refractivity contribution in [2.45, 2.75) is 25.8 Å². The molecular weight excluding hydrogens is 256 g/mol. The third-order valence-electron chi connectivity index (χ3n) is 3.37. The Morgan fingerprint density at radius 2 is 2.45 bits per heavy atom. The second kappa shape index (κ2) is 6.56. The van der Waals surface area contributed by atoms with Crippen LogP contribution in [0.1, 0.15) is 30.1 Å². The topological polar surface area (TPSA) is 80.5 Å². The number of nitrogen functional groups attached to an aromatic ring is 1. The molecule has 0 aromatic carbocycles. The standard InChI is InChI=1S/C14H22N4O2/c1-3-20-14(19)12-7-10(15)8-16-13(12)17-11-5-4-6-18(2)9-11/h7-8,11H,3-6,9,15H2,1-2H3,(H,16,17). The Balaban J connectivity index is 2.15. The molecule has 0 radical (unpaired) electrons. The lowest BCUT2D eigenvalue weighted by Gasteiger charge is -2.30. The highest BCUT2D eigenvalue weighted by atomic mass is 16.5. The van der Waals surface area contributed by atoms with Crippen LogP contribution in [0.15, 0.2) is 12.3 Å². The smallest absolute Gasteiger partial charge is 0.341 e. The minimum atomic E-state index is -0.390. The van der Waals surface area contributed by atoms with E-state index in [1.54, 1.807) is 19.2 Å². The molecule has 1 unspecified atom stereocenters. The van der Waals surface area contributed by atoms with Crippen LogP contribution in [0.3, 0.4) is 0 Å². The van der Waals surface area contributed by atoms with E-state index < -0.39 is 0 Å². The predicted molar refractivity (Wildman–Crippen MR) is 78.7 cm³/mol. The third-order valence-corrected chi connectivity index (χ3v) is 3.37. The molecule has 0 aliphatic carbocycles. The Morgan fingerprint density at radius 1 is 1.65 bits per heavy atom. The minimum Gasteiger partial charge on any atom is -0.462 e. The highest BCUT2D eigenvalue weighted by Gasteiger charge is 2.21. The molecule has 1 saturated heterocycles. The molecule has 110 valence electrons. The quantitative estimate of drug-likeness (QED) is 0.809. The number of ether oxygens (including phenoxy) is 1. The Morgan fingerprint density at radius 3 is 3.15 bits per heavy atom. The molecule has 1 aromatic rings. The first kappa shape index (κ1) is 14.6. The second-order valence-electron chi connectivity index (χ2n) is 5.13. The number of rotatable bonds is 4. The van der Waals surface area contributed by atoms with Crippen molar-refractivity contribution in [3.8, 4) is 0 Å².